The van der Waals surface area contributed by atoms with Crippen LogP contribution in [-0.2, 0) is 19.1 Å². The summed E-state index contributed by atoms with van der Waals surface area (Å²) in [5.74, 6) is -1.62. The lowest BCUT2D eigenvalue weighted by atomic mass is 9.88. The van der Waals surface area contributed by atoms with Gasteiger partial charge in [-0.15, -0.1) is 0 Å². The molecule has 0 radical (unpaired) electrons. The third kappa shape index (κ3) is 4.85. The van der Waals surface area contributed by atoms with E-state index in [0.717, 1.165) is 0 Å². The van der Waals surface area contributed by atoms with Crippen molar-refractivity contribution < 1.29 is 24.2 Å². The number of hydrogen-bond donors (Lipinski definition) is 2. The monoisotopic (exact) mass is 259 g/mol. The van der Waals surface area contributed by atoms with Gasteiger partial charge in [0.1, 0.15) is 5.41 Å². The highest BCUT2D eigenvalue weighted by Gasteiger charge is 2.34. The topological polar surface area (TPSA) is 84.9 Å². The number of carboxylic acid groups (broad SMARTS) is 1. The molecule has 0 rings (SSSR count). The lowest BCUT2D eigenvalue weighted by Gasteiger charge is -2.17. The molecule has 0 atom stereocenters. The Morgan fingerprint density at radius 3 is 2.22 bits per heavy atom. The average molecular weight is 259 g/mol. The summed E-state index contributed by atoms with van der Waals surface area (Å²) in [5.41, 5.74) is -0.862. The number of methoxy groups -OCH3 is 2. The fourth-order valence-corrected chi connectivity index (χ4v) is 1.04. The molecule has 0 bridgehead atoms. The van der Waals surface area contributed by atoms with Crippen molar-refractivity contribution in [3.8, 4) is 0 Å². The van der Waals surface area contributed by atoms with Gasteiger partial charge in [-0.3, -0.25) is 9.59 Å². The molecule has 18 heavy (non-hydrogen) atoms. The molecule has 0 aromatic heterocycles. The molecule has 0 heterocycles. The first-order valence-electron chi connectivity index (χ1n) is 5.51. The van der Waals surface area contributed by atoms with Crippen LogP contribution in [0.4, 0.5) is 0 Å². The van der Waals surface area contributed by atoms with Gasteiger partial charge in [-0.25, -0.2) is 0 Å². The van der Waals surface area contributed by atoms with Crippen LogP contribution in [0.2, 0.25) is 0 Å². The summed E-state index contributed by atoms with van der Waals surface area (Å²) in [4.78, 5) is 22.6. The summed E-state index contributed by atoms with van der Waals surface area (Å²) in [6.07, 6.45) is 0.854. The van der Waals surface area contributed by atoms with E-state index in [0.29, 0.717) is 12.2 Å². The minimum absolute atomic E-state index is 0.371. The second-order valence-corrected chi connectivity index (χ2v) is 4.40. The lowest BCUT2D eigenvalue weighted by Crippen LogP contribution is -2.33. The maximum absolute atomic E-state index is 11.7. The standard InChI is InChI=1S/C12H21NO5/c1-8(13-7-10(17-4)18-5)6-9(14)12(2,3)11(15)16/h6,10,13H,7H2,1-5H3,(H,15,16). The molecule has 6 nitrogen and oxygen atoms in total. The quantitative estimate of drug-likeness (QED) is 0.380. The summed E-state index contributed by atoms with van der Waals surface area (Å²) in [6, 6.07) is 0. The smallest absolute Gasteiger partial charge is 0.316 e. The molecule has 6 heteroatoms. The minimum Gasteiger partial charge on any atom is -0.481 e. The molecular weight excluding hydrogens is 238 g/mol. The Kier molecular flexibility index (Phi) is 6.57. The lowest BCUT2D eigenvalue weighted by molar-refractivity contribution is -0.151. The van der Waals surface area contributed by atoms with E-state index in [1.54, 1.807) is 6.92 Å². The van der Waals surface area contributed by atoms with Crippen LogP contribution in [0.3, 0.4) is 0 Å². The Hall–Kier alpha value is -1.40. The predicted molar refractivity (Wildman–Crippen MR) is 66.0 cm³/mol. The predicted octanol–water partition coefficient (Wildman–Crippen LogP) is 0.779. The molecule has 0 spiro atoms. The zero-order valence-electron chi connectivity index (χ0n) is 11.4. The molecule has 0 saturated carbocycles. The van der Waals surface area contributed by atoms with Gasteiger partial charge in [-0.05, 0) is 20.8 Å². The van der Waals surface area contributed by atoms with E-state index in [4.69, 9.17) is 14.6 Å². The largest absolute Gasteiger partial charge is 0.481 e. The number of ketones is 1. The molecule has 0 aliphatic rings. The maximum atomic E-state index is 11.7. The van der Waals surface area contributed by atoms with Crippen LogP contribution in [-0.4, -0.2) is 43.9 Å². The van der Waals surface area contributed by atoms with Gasteiger partial charge in [0.05, 0.1) is 6.54 Å². The molecule has 0 unspecified atom stereocenters. The number of allylic oxidation sites excluding steroid dienone is 2. The highest BCUT2D eigenvalue weighted by molar-refractivity contribution is 6.08. The Labute approximate surface area is 107 Å². The molecule has 104 valence electrons. The zero-order valence-corrected chi connectivity index (χ0v) is 11.4. The number of carbonyl (C=O) groups excluding carboxylic acids is 1. The van der Waals surface area contributed by atoms with Crippen LogP contribution in [0.15, 0.2) is 11.8 Å². The highest BCUT2D eigenvalue weighted by Crippen LogP contribution is 2.17. The van der Waals surface area contributed by atoms with E-state index in [-0.39, 0.29) is 0 Å². The van der Waals surface area contributed by atoms with Crippen molar-refractivity contribution in [3.63, 3.8) is 0 Å². The third-order valence-electron chi connectivity index (χ3n) is 2.57. The molecule has 0 saturated heterocycles. The van der Waals surface area contributed by atoms with Gasteiger partial charge in [0.2, 0.25) is 0 Å². The van der Waals surface area contributed by atoms with Gasteiger partial charge in [0.25, 0.3) is 0 Å². The SMILES string of the molecule is COC(CNC(C)=CC(=O)C(C)(C)C(=O)O)OC. The summed E-state index contributed by atoms with van der Waals surface area (Å²) in [6.45, 7) is 4.79. The number of nitrogens with one attached hydrogen (secondary N) is 1. The Morgan fingerprint density at radius 2 is 1.83 bits per heavy atom. The Bertz CT molecular complexity index is 331. The van der Waals surface area contributed by atoms with Crippen molar-refractivity contribution in [2.24, 2.45) is 5.41 Å². The number of carboxylic acids is 1. The Balaban J connectivity index is 4.51. The number of hydrogen-bond acceptors (Lipinski definition) is 5. The number of aliphatic carboxylic acids is 1. The van der Waals surface area contributed by atoms with E-state index < -0.39 is 23.5 Å². The van der Waals surface area contributed by atoms with Crippen molar-refractivity contribution in [1.82, 2.24) is 5.32 Å². The van der Waals surface area contributed by atoms with Gasteiger partial charge < -0.3 is 19.9 Å². The minimum atomic E-state index is -1.43. The fraction of sp³-hybridized carbons (Fsp3) is 0.667. The third-order valence-corrected chi connectivity index (χ3v) is 2.57. The van der Waals surface area contributed by atoms with Crippen molar-refractivity contribution >= 4 is 11.8 Å². The number of ether oxygens (including phenoxy) is 2. The molecule has 2 N–H and O–H groups in total. The number of carbonyl (C=O) groups is 2. The molecule has 0 amide bonds. The van der Waals surface area contributed by atoms with E-state index in [2.05, 4.69) is 5.32 Å². The second-order valence-electron chi connectivity index (χ2n) is 4.40. The van der Waals surface area contributed by atoms with Gasteiger partial charge in [0.15, 0.2) is 12.1 Å². The molecule has 0 aliphatic heterocycles. The van der Waals surface area contributed by atoms with Crippen molar-refractivity contribution in [1.29, 1.82) is 0 Å². The zero-order chi connectivity index (χ0) is 14.3. The van der Waals surface area contributed by atoms with Gasteiger partial charge in [-0.2, -0.15) is 0 Å². The molecular formula is C12H21NO5. The normalized spacial score (nSPS) is 12.7. The summed E-state index contributed by atoms with van der Waals surface area (Å²) in [5, 5.41) is 11.8. The van der Waals surface area contributed by atoms with E-state index in [1.165, 1.54) is 34.1 Å². The van der Waals surface area contributed by atoms with Crippen LogP contribution in [0, 0.1) is 5.41 Å². The summed E-state index contributed by atoms with van der Waals surface area (Å²) in [7, 11) is 3.02. The van der Waals surface area contributed by atoms with Crippen molar-refractivity contribution in [2.45, 2.75) is 27.1 Å². The Morgan fingerprint density at radius 1 is 1.33 bits per heavy atom. The second kappa shape index (κ2) is 7.13. The van der Waals surface area contributed by atoms with Crippen molar-refractivity contribution in [2.75, 3.05) is 20.8 Å². The highest BCUT2D eigenvalue weighted by atomic mass is 16.7. The van der Waals surface area contributed by atoms with Crippen LogP contribution in [0.1, 0.15) is 20.8 Å². The van der Waals surface area contributed by atoms with Gasteiger partial charge in [0, 0.05) is 26.0 Å². The summed E-state index contributed by atoms with van der Waals surface area (Å²) < 4.78 is 9.94. The first-order chi connectivity index (χ1) is 8.25. The van der Waals surface area contributed by atoms with Gasteiger partial charge >= 0.3 is 5.97 Å². The van der Waals surface area contributed by atoms with Gasteiger partial charge in [-0.1, -0.05) is 0 Å². The molecule has 0 aromatic carbocycles. The van der Waals surface area contributed by atoms with E-state index in [9.17, 15) is 9.59 Å². The fourth-order valence-electron chi connectivity index (χ4n) is 1.04. The van der Waals surface area contributed by atoms with E-state index >= 15 is 0 Å². The van der Waals surface area contributed by atoms with Crippen LogP contribution in [0.5, 0.6) is 0 Å². The van der Waals surface area contributed by atoms with E-state index in [1.807, 2.05) is 0 Å². The molecule has 0 aliphatic carbocycles. The van der Waals surface area contributed by atoms with Crippen LogP contribution < -0.4 is 5.32 Å². The van der Waals surface area contributed by atoms with Crippen molar-refractivity contribution in [3.05, 3.63) is 11.8 Å². The number of rotatable bonds is 8. The molecule has 0 aromatic rings. The molecule has 0 fully saturated rings. The van der Waals surface area contributed by atoms with Crippen LogP contribution in [0.25, 0.3) is 0 Å². The first-order valence-corrected chi connectivity index (χ1v) is 5.51. The maximum Gasteiger partial charge on any atom is 0.316 e. The van der Waals surface area contributed by atoms with Crippen LogP contribution >= 0.6 is 0 Å². The average Bonchev–Trinajstić information content (AvgIpc) is 2.29. The first kappa shape index (κ1) is 16.6. The summed E-state index contributed by atoms with van der Waals surface area (Å²) >= 11 is 0.